The van der Waals surface area contributed by atoms with Crippen molar-refractivity contribution in [1.29, 1.82) is 0 Å². The number of hydrogen-bond donors (Lipinski definition) is 2. The van der Waals surface area contributed by atoms with Crippen molar-refractivity contribution in [1.82, 2.24) is 29.6 Å². The number of halogens is 1. The van der Waals surface area contributed by atoms with Crippen LogP contribution in [0.3, 0.4) is 0 Å². The predicted octanol–water partition coefficient (Wildman–Crippen LogP) is 4.56. The second kappa shape index (κ2) is 10.2. The molecule has 0 aromatic carbocycles. The second-order valence-electron chi connectivity index (χ2n) is 10.0. The van der Waals surface area contributed by atoms with E-state index in [4.69, 9.17) is 9.47 Å². The van der Waals surface area contributed by atoms with Gasteiger partial charge < -0.3 is 19.8 Å². The molecule has 3 aromatic heterocycles. The van der Waals surface area contributed by atoms with Crippen molar-refractivity contribution in [2.75, 3.05) is 31.7 Å². The maximum absolute atomic E-state index is 16.2. The quantitative estimate of drug-likeness (QED) is 0.419. The molecule has 0 spiro atoms. The first-order valence-electron chi connectivity index (χ1n) is 12.8. The molecule has 36 heavy (non-hydrogen) atoms. The Labute approximate surface area is 211 Å². The maximum atomic E-state index is 16.2. The van der Waals surface area contributed by atoms with Crippen LogP contribution in [0.2, 0.25) is 0 Å². The van der Waals surface area contributed by atoms with E-state index < -0.39 is 6.17 Å². The van der Waals surface area contributed by atoms with Crippen molar-refractivity contribution >= 4 is 22.7 Å². The lowest BCUT2D eigenvalue weighted by Crippen LogP contribution is -2.60. The molecule has 2 aliphatic heterocycles. The van der Waals surface area contributed by atoms with E-state index in [0.29, 0.717) is 49.8 Å². The van der Waals surface area contributed by atoms with Crippen LogP contribution < -0.4 is 10.1 Å². The number of rotatable bonds is 9. The number of ether oxygens (including phenoxy) is 2. The van der Waals surface area contributed by atoms with Gasteiger partial charge in [-0.2, -0.15) is 15.1 Å². The van der Waals surface area contributed by atoms with Crippen LogP contribution >= 0.6 is 0 Å². The van der Waals surface area contributed by atoms with Crippen LogP contribution in [0.1, 0.15) is 45.3 Å². The van der Waals surface area contributed by atoms with Gasteiger partial charge in [0, 0.05) is 18.8 Å². The van der Waals surface area contributed by atoms with E-state index in [1.54, 1.807) is 6.20 Å². The summed E-state index contributed by atoms with van der Waals surface area (Å²) in [5, 5.41) is 8.70. The van der Waals surface area contributed by atoms with Crippen molar-refractivity contribution < 1.29 is 13.9 Å². The highest BCUT2D eigenvalue weighted by atomic mass is 19.1. The van der Waals surface area contributed by atoms with Crippen LogP contribution in [-0.4, -0.2) is 74.3 Å². The minimum Gasteiger partial charge on any atom is -0.477 e. The molecule has 9 nitrogen and oxygen atoms in total. The molecule has 4 atom stereocenters. The number of hydrogen-bond acceptors (Lipinski definition) is 7. The Morgan fingerprint density at radius 1 is 1.39 bits per heavy atom. The average Bonchev–Trinajstić information content (AvgIpc) is 3.42. The normalized spacial score (nSPS) is 24.0. The summed E-state index contributed by atoms with van der Waals surface area (Å²) in [6, 6.07) is 1.65. The van der Waals surface area contributed by atoms with E-state index in [1.165, 1.54) is 0 Å². The Balaban J connectivity index is 1.38. The van der Waals surface area contributed by atoms with Gasteiger partial charge in [-0.3, -0.25) is 9.58 Å². The summed E-state index contributed by atoms with van der Waals surface area (Å²) in [6.45, 7) is 14.8. The monoisotopic (exact) mass is 497 g/mol. The Kier molecular flexibility index (Phi) is 6.98. The van der Waals surface area contributed by atoms with Gasteiger partial charge in [0.1, 0.15) is 11.8 Å². The van der Waals surface area contributed by atoms with E-state index in [-0.39, 0.29) is 18.0 Å². The number of allylic oxidation sites excluding steroid dienone is 1. The highest BCUT2D eigenvalue weighted by molar-refractivity contribution is 5.82. The molecule has 3 aromatic rings. The molecule has 3 unspecified atom stereocenters. The van der Waals surface area contributed by atoms with Gasteiger partial charge in [-0.25, -0.2) is 4.39 Å². The summed E-state index contributed by atoms with van der Waals surface area (Å²) in [4.78, 5) is 14.5. The lowest BCUT2D eigenvalue weighted by molar-refractivity contribution is -0.112. The molecule has 0 amide bonds. The van der Waals surface area contributed by atoms with Crippen LogP contribution in [0.4, 0.5) is 16.0 Å². The van der Waals surface area contributed by atoms with Crippen LogP contribution in [0.5, 0.6) is 5.88 Å². The van der Waals surface area contributed by atoms with E-state index in [1.807, 2.05) is 37.7 Å². The van der Waals surface area contributed by atoms with Gasteiger partial charge in [0.15, 0.2) is 0 Å². The van der Waals surface area contributed by atoms with Crippen molar-refractivity contribution in [2.45, 2.75) is 64.8 Å². The topological polar surface area (TPSA) is 93.1 Å². The number of fused-ring (bicyclic) bond motifs is 1. The number of H-pyrrole nitrogens is 1. The fourth-order valence-electron chi connectivity index (χ4n) is 5.22. The third-order valence-electron chi connectivity index (χ3n) is 7.64. The van der Waals surface area contributed by atoms with Gasteiger partial charge in [-0.15, -0.1) is 0 Å². The summed E-state index contributed by atoms with van der Waals surface area (Å²) in [5.74, 6) is 1.16. The molecule has 0 aliphatic carbocycles. The Hall–Kier alpha value is -2.98. The zero-order chi connectivity index (χ0) is 25.4. The first-order chi connectivity index (χ1) is 17.4. The minimum absolute atomic E-state index is 0.197. The molecular formula is C26H36FN7O2. The molecule has 2 N–H and O–H groups in total. The zero-order valence-corrected chi connectivity index (χ0v) is 21.5. The van der Waals surface area contributed by atoms with Crippen LogP contribution in [0.15, 0.2) is 30.6 Å². The van der Waals surface area contributed by atoms with Gasteiger partial charge in [-0.1, -0.05) is 19.1 Å². The van der Waals surface area contributed by atoms with E-state index in [9.17, 15) is 0 Å². The standard InChI is InChI=1S/C26H36FN7O2/c1-6-36-25-19-7-9-28-24(19)31-26(32-25)30-20-12-29-34(17(20)5)21-8-10-33(18-13-35-14-18)22(23(21)27)11-16(4)15(2)3/h7,9,12,16,18,21-23H,2,6,8,10-11,13-14H2,1,3-5H3,(H2,28,30,31,32)/t16-,21?,22?,23?/m0/s1. The fraction of sp³-hybridized carbons (Fsp3) is 0.577. The fourth-order valence-corrected chi connectivity index (χ4v) is 5.22. The highest BCUT2D eigenvalue weighted by Gasteiger charge is 2.44. The lowest BCUT2D eigenvalue weighted by Gasteiger charge is -2.49. The van der Waals surface area contributed by atoms with Crippen molar-refractivity contribution in [3.63, 3.8) is 0 Å². The molecule has 0 radical (unpaired) electrons. The number of nitrogens with zero attached hydrogens (tertiary/aromatic N) is 5. The van der Waals surface area contributed by atoms with Gasteiger partial charge in [0.05, 0.1) is 54.9 Å². The molecule has 5 rings (SSSR count). The highest BCUT2D eigenvalue weighted by Crippen LogP contribution is 2.38. The lowest BCUT2D eigenvalue weighted by atomic mass is 9.85. The van der Waals surface area contributed by atoms with Crippen molar-refractivity contribution in [3.8, 4) is 5.88 Å². The van der Waals surface area contributed by atoms with Crippen molar-refractivity contribution in [3.05, 3.63) is 36.3 Å². The number of anilines is 2. The largest absolute Gasteiger partial charge is 0.477 e. The Morgan fingerprint density at radius 3 is 2.89 bits per heavy atom. The summed E-state index contributed by atoms with van der Waals surface area (Å²) >= 11 is 0. The third-order valence-corrected chi connectivity index (χ3v) is 7.64. The van der Waals surface area contributed by atoms with Gasteiger partial charge >= 0.3 is 0 Å². The summed E-state index contributed by atoms with van der Waals surface area (Å²) in [7, 11) is 0. The van der Waals surface area contributed by atoms with E-state index >= 15 is 4.39 Å². The number of aromatic nitrogens is 5. The molecule has 0 saturated carbocycles. The Bertz CT molecular complexity index is 1220. The maximum Gasteiger partial charge on any atom is 0.232 e. The molecule has 2 saturated heterocycles. The van der Waals surface area contributed by atoms with Crippen LogP contribution in [-0.2, 0) is 4.74 Å². The SMILES string of the molecule is C=C(C)[C@@H](C)CC1C(F)C(n2ncc(Nc3nc(OCC)c4cc[nH]c4n3)c2C)CCN1C1COC1. The number of aromatic amines is 1. The second-order valence-corrected chi connectivity index (χ2v) is 10.0. The first-order valence-corrected chi connectivity index (χ1v) is 12.8. The van der Waals surface area contributed by atoms with Gasteiger partial charge in [0.25, 0.3) is 0 Å². The first kappa shape index (κ1) is 24.7. The van der Waals surface area contributed by atoms with Crippen LogP contribution in [0, 0.1) is 12.8 Å². The predicted molar refractivity (Wildman–Crippen MR) is 138 cm³/mol. The summed E-state index contributed by atoms with van der Waals surface area (Å²) in [6.07, 6.45) is 3.91. The number of nitrogens with one attached hydrogen (secondary N) is 2. The zero-order valence-electron chi connectivity index (χ0n) is 21.5. The average molecular weight is 498 g/mol. The van der Waals surface area contributed by atoms with E-state index in [0.717, 1.165) is 35.3 Å². The smallest absolute Gasteiger partial charge is 0.232 e. The Morgan fingerprint density at radius 2 is 2.19 bits per heavy atom. The molecular weight excluding hydrogens is 461 g/mol. The van der Waals surface area contributed by atoms with Gasteiger partial charge in [-0.05, 0) is 45.6 Å². The molecule has 194 valence electrons. The van der Waals surface area contributed by atoms with Crippen LogP contribution in [0.25, 0.3) is 11.0 Å². The summed E-state index contributed by atoms with van der Waals surface area (Å²) in [5.41, 5.74) is 3.37. The molecule has 5 heterocycles. The molecule has 2 aliphatic rings. The number of piperidine rings is 1. The minimum atomic E-state index is -1.05. The molecule has 10 heteroatoms. The molecule has 2 fully saturated rings. The number of alkyl halides is 1. The van der Waals surface area contributed by atoms with E-state index in [2.05, 4.69) is 43.8 Å². The van der Waals surface area contributed by atoms with Crippen molar-refractivity contribution in [2.24, 2.45) is 5.92 Å². The third kappa shape index (κ3) is 4.59. The summed E-state index contributed by atoms with van der Waals surface area (Å²) < 4.78 is 29.2. The molecule has 0 bridgehead atoms. The van der Waals surface area contributed by atoms with Gasteiger partial charge in [0.2, 0.25) is 11.8 Å². The number of likely N-dealkylation sites (tertiary alicyclic amines) is 1.